The molecule has 0 saturated carbocycles. The summed E-state index contributed by atoms with van der Waals surface area (Å²) >= 11 is 1.66. The van der Waals surface area contributed by atoms with Gasteiger partial charge in [0, 0.05) is 45.4 Å². The number of hydrogen-bond acceptors (Lipinski definition) is 4. The number of aromatic nitrogens is 1. The maximum absolute atomic E-state index is 5.40. The number of aliphatic imine (C=N–C) groups is 1. The van der Waals surface area contributed by atoms with Crippen LogP contribution in [0.1, 0.15) is 24.3 Å². The van der Waals surface area contributed by atoms with Crippen molar-refractivity contribution < 1.29 is 4.74 Å². The van der Waals surface area contributed by atoms with Crippen molar-refractivity contribution >= 4 is 17.3 Å². The van der Waals surface area contributed by atoms with Gasteiger partial charge in [0.2, 0.25) is 0 Å². The maximum Gasteiger partial charge on any atom is 0.193 e. The summed E-state index contributed by atoms with van der Waals surface area (Å²) in [6, 6.07) is 0. The zero-order valence-corrected chi connectivity index (χ0v) is 13.2. The van der Waals surface area contributed by atoms with Gasteiger partial charge >= 0.3 is 0 Å². The van der Waals surface area contributed by atoms with Crippen LogP contribution in [0.3, 0.4) is 0 Å². The average molecular weight is 296 g/mol. The summed E-state index contributed by atoms with van der Waals surface area (Å²) in [5.74, 6) is 1.73. The van der Waals surface area contributed by atoms with E-state index < -0.39 is 0 Å². The van der Waals surface area contributed by atoms with Crippen molar-refractivity contribution in [3.63, 3.8) is 0 Å². The second-order valence-corrected chi connectivity index (χ2v) is 6.07. The quantitative estimate of drug-likeness (QED) is 0.667. The molecule has 1 aliphatic rings. The Morgan fingerprint density at radius 1 is 1.55 bits per heavy atom. The number of guanidine groups is 1. The van der Waals surface area contributed by atoms with E-state index in [1.165, 1.54) is 19.3 Å². The molecular weight excluding hydrogens is 272 g/mol. The molecule has 6 heteroatoms. The van der Waals surface area contributed by atoms with E-state index in [0.717, 1.165) is 43.2 Å². The number of hydrogen-bond donors (Lipinski definition) is 1. The minimum Gasteiger partial charge on any atom is -0.381 e. The maximum atomic E-state index is 5.40. The van der Waals surface area contributed by atoms with Crippen LogP contribution in [-0.4, -0.2) is 49.7 Å². The molecule has 0 aliphatic carbocycles. The van der Waals surface area contributed by atoms with Gasteiger partial charge in [-0.2, -0.15) is 0 Å². The number of nitrogens with zero attached hydrogens (tertiary/aromatic N) is 3. The SMILES string of the molecule is CN=C(NCc1nccs1)N(C)CCC1CCOCC1. The molecule has 0 amide bonds. The van der Waals surface area contributed by atoms with Crippen LogP contribution in [0.4, 0.5) is 0 Å². The van der Waals surface area contributed by atoms with Gasteiger partial charge in [-0.25, -0.2) is 4.98 Å². The van der Waals surface area contributed by atoms with Crippen molar-refractivity contribution in [2.45, 2.75) is 25.8 Å². The second kappa shape index (κ2) is 8.21. The van der Waals surface area contributed by atoms with Gasteiger partial charge in [-0.3, -0.25) is 4.99 Å². The lowest BCUT2D eigenvalue weighted by Crippen LogP contribution is -2.39. The van der Waals surface area contributed by atoms with E-state index in [1.54, 1.807) is 11.3 Å². The summed E-state index contributed by atoms with van der Waals surface area (Å²) in [6.07, 6.45) is 5.43. The average Bonchev–Trinajstić information content (AvgIpc) is 3.00. The van der Waals surface area contributed by atoms with Crippen LogP contribution in [-0.2, 0) is 11.3 Å². The third-order valence-corrected chi connectivity index (χ3v) is 4.45. The number of ether oxygens (including phenoxy) is 1. The Hall–Kier alpha value is -1.14. The first kappa shape index (κ1) is 15.3. The summed E-state index contributed by atoms with van der Waals surface area (Å²) in [5.41, 5.74) is 0. The monoisotopic (exact) mass is 296 g/mol. The first-order valence-electron chi connectivity index (χ1n) is 7.17. The largest absolute Gasteiger partial charge is 0.381 e. The van der Waals surface area contributed by atoms with E-state index in [9.17, 15) is 0 Å². The van der Waals surface area contributed by atoms with E-state index in [1.807, 2.05) is 18.6 Å². The van der Waals surface area contributed by atoms with Crippen LogP contribution in [0.2, 0.25) is 0 Å². The Balaban J connectivity index is 1.72. The van der Waals surface area contributed by atoms with Gasteiger partial charge < -0.3 is 15.0 Å². The van der Waals surface area contributed by atoms with Gasteiger partial charge in [-0.05, 0) is 25.2 Å². The summed E-state index contributed by atoms with van der Waals surface area (Å²) in [4.78, 5) is 10.8. The van der Waals surface area contributed by atoms with Crippen molar-refractivity contribution in [2.24, 2.45) is 10.9 Å². The highest BCUT2D eigenvalue weighted by Crippen LogP contribution is 2.18. The Morgan fingerprint density at radius 2 is 2.35 bits per heavy atom. The molecule has 5 nitrogen and oxygen atoms in total. The first-order valence-corrected chi connectivity index (χ1v) is 8.05. The van der Waals surface area contributed by atoms with Crippen LogP contribution in [0, 0.1) is 5.92 Å². The minimum absolute atomic E-state index is 0.742. The van der Waals surface area contributed by atoms with E-state index >= 15 is 0 Å². The standard InChI is InChI=1S/C14H24N4OS/c1-15-14(17-11-13-16-6-10-20-13)18(2)7-3-12-4-8-19-9-5-12/h6,10,12H,3-5,7-9,11H2,1-2H3,(H,15,17). The zero-order chi connectivity index (χ0) is 14.2. The first-order chi connectivity index (χ1) is 9.79. The predicted molar refractivity (Wildman–Crippen MR) is 83.1 cm³/mol. The van der Waals surface area contributed by atoms with Crippen LogP contribution in [0.5, 0.6) is 0 Å². The number of nitrogens with one attached hydrogen (secondary N) is 1. The van der Waals surface area contributed by atoms with Crippen LogP contribution >= 0.6 is 11.3 Å². The van der Waals surface area contributed by atoms with Gasteiger partial charge in [0.15, 0.2) is 5.96 Å². The lowest BCUT2D eigenvalue weighted by Gasteiger charge is -2.26. The molecule has 1 aromatic heterocycles. The lowest BCUT2D eigenvalue weighted by atomic mass is 9.96. The minimum atomic E-state index is 0.742. The Labute approximate surface area is 125 Å². The summed E-state index contributed by atoms with van der Waals surface area (Å²) in [7, 11) is 3.92. The highest BCUT2D eigenvalue weighted by atomic mass is 32.1. The fourth-order valence-electron chi connectivity index (χ4n) is 2.40. The Kier molecular flexibility index (Phi) is 6.26. The molecule has 1 aromatic rings. The fourth-order valence-corrected chi connectivity index (χ4v) is 2.95. The van der Waals surface area contributed by atoms with Crippen LogP contribution < -0.4 is 5.32 Å². The molecule has 0 radical (unpaired) electrons. The van der Waals surface area contributed by atoms with Gasteiger partial charge in [-0.1, -0.05) is 0 Å². The van der Waals surface area contributed by atoms with Gasteiger partial charge in [0.25, 0.3) is 0 Å². The number of thiazole rings is 1. The smallest absolute Gasteiger partial charge is 0.193 e. The Morgan fingerprint density at radius 3 is 3.00 bits per heavy atom. The number of rotatable bonds is 5. The van der Waals surface area contributed by atoms with E-state index in [2.05, 4.69) is 27.2 Å². The van der Waals surface area contributed by atoms with E-state index in [-0.39, 0.29) is 0 Å². The molecule has 112 valence electrons. The second-order valence-electron chi connectivity index (χ2n) is 5.09. The molecule has 0 spiro atoms. The third-order valence-electron chi connectivity index (χ3n) is 3.67. The zero-order valence-electron chi connectivity index (χ0n) is 12.3. The van der Waals surface area contributed by atoms with Crippen molar-refractivity contribution in [1.29, 1.82) is 0 Å². The summed E-state index contributed by atoms with van der Waals surface area (Å²) < 4.78 is 5.40. The topological polar surface area (TPSA) is 49.8 Å². The highest BCUT2D eigenvalue weighted by Gasteiger charge is 2.15. The van der Waals surface area contributed by atoms with Crippen molar-refractivity contribution in [3.05, 3.63) is 16.6 Å². The van der Waals surface area contributed by atoms with Crippen molar-refractivity contribution in [2.75, 3.05) is 33.9 Å². The molecule has 0 atom stereocenters. The fraction of sp³-hybridized carbons (Fsp3) is 0.714. The third kappa shape index (κ3) is 4.76. The van der Waals surface area contributed by atoms with Crippen molar-refractivity contribution in [3.8, 4) is 0 Å². The van der Waals surface area contributed by atoms with E-state index in [4.69, 9.17) is 4.74 Å². The molecule has 1 aliphatic heterocycles. The van der Waals surface area contributed by atoms with Gasteiger partial charge in [0.1, 0.15) is 5.01 Å². The molecular formula is C14H24N4OS. The molecule has 1 N–H and O–H groups in total. The summed E-state index contributed by atoms with van der Waals surface area (Å²) in [6.45, 7) is 3.62. The normalized spacial score (nSPS) is 17.2. The molecule has 2 heterocycles. The highest BCUT2D eigenvalue weighted by molar-refractivity contribution is 7.09. The molecule has 20 heavy (non-hydrogen) atoms. The van der Waals surface area contributed by atoms with Crippen LogP contribution in [0.15, 0.2) is 16.6 Å². The molecule has 1 fully saturated rings. The van der Waals surface area contributed by atoms with Crippen LogP contribution in [0.25, 0.3) is 0 Å². The van der Waals surface area contributed by atoms with Crippen molar-refractivity contribution in [1.82, 2.24) is 15.2 Å². The lowest BCUT2D eigenvalue weighted by molar-refractivity contribution is 0.0625. The molecule has 2 rings (SSSR count). The summed E-state index contributed by atoms with van der Waals surface area (Å²) in [5, 5.41) is 6.44. The molecule has 0 aromatic carbocycles. The predicted octanol–water partition coefficient (Wildman–Crippen LogP) is 1.97. The van der Waals surface area contributed by atoms with Gasteiger partial charge in [0.05, 0.1) is 6.54 Å². The Bertz CT molecular complexity index is 401. The van der Waals surface area contributed by atoms with Gasteiger partial charge in [-0.15, -0.1) is 11.3 Å². The molecule has 0 unspecified atom stereocenters. The molecule has 0 bridgehead atoms. The molecule has 1 saturated heterocycles. The van der Waals surface area contributed by atoms with E-state index in [0.29, 0.717) is 0 Å².